The molecule has 4 aromatic carbocycles. The van der Waals surface area contributed by atoms with Gasteiger partial charge in [-0.1, -0.05) is 92.8 Å². The molecule has 6 saturated carbocycles. The van der Waals surface area contributed by atoms with Crippen molar-refractivity contribution in [1.29, 1.82) is 0 Å². The Bertz CT molecular complexity index is 5160. The highest BCUT2D eigenvalue weighted by atomic mass is 79.9. The van der Waals surface area contributed by atoms with E-state index >= 15 is 0 Å². The molecule has 0 bridgehead atoms. The first-order valence-electron chi connectivity index (χ1n) is 38.3. The van der Waals surface area contributed by atoms with Crippen molar-refractivity contribution in [2.24, 2.45) is 46.3 Å². The molecule has 7 aromatic rings. The minimum Gasteiger partial charge on any atom is -0.495 e. The summed E-state index contributed by atoms with van der Waals surface area (Å²) in [5, 5.41) is 32.1. The van der Waals surface area contributed by atoms with Gasteiger partial charge in [-0.2, -0.15) is 18.6 Å². The molecule has 3 aromatic heterocycles. The number of H-pyrrole nitrogens is 1. The van der Waals surface area contributed by atoms with Gasteiger partial charge in [0.1, 0.15) is 81.6 Å². The normalized spacial score (nSPS) is 26.3. The first-order valence-corrected chi connectivity index (χ1v) is 41.3. The van der Waals surface area contributed by atoms with Gasteiger partial charge >= 0.3 is 24.1 Å². The van der Waals surface area contributed by atoms with Crippen LogP contribution in [0.3, 0.4) is 0 Å². The fraction of sp³-hybridized carbons (Fsp3) is 0.476. The molecule has 15 rings (SSSR count). The summed E-state index contributed by atoms with van der Waals surface area (Å²) >= 11 is 16.3. The average molecular weight is 1720 g/mol. The Labute approximate surface area is 688 Å². The molecule has 116 heavy (non-hydrogen) atoms. The van der Waals surface area contributed by atoms with Crippen molar-refractivity contribution in [3.63, 3.8) is 0 Å². The van der Waals surface area contributed by atoms with Gasteiger partial charge in [0.15, 0.2) is 5.43 Å². The number of rotatable bonds is 23. The quantitative estimate of drug-likeness (QED) is 0.0150. The number of likely N-dealkylation sites (tertiary alicyclic amines) is 2. The number of carboxylic acid groups (broad SMARTS) is 1. The van der Waals surface area contributed by atoms with Crippen molar-refractivity contribution in [2.75, 3.05) is 34.4 Å². The third-order valence-electron chi connectivity index (χ3n) is 23.1. The van der Waals surface area contributed by atoms with E-state index in [4.69, 9.17) is 55.8 Å². The molecule has 8 aliphatic rings. The van der Waals surface area contributed by atoms with Gasteiger partial charge in [0, 0.05) is 88.8 Å². The second-order valence-electron chi connectivity index (χ2n) is 33.1. The number of carbonyl (C=O) groups is 8. The summed E-state index contributed by atoms with van der Waals surface area (Å²) in [6, 6.07) is 17.0. The summed E-state index contributed by atoms with van der Waals surface area (Å²) in [5.74, 6) is -0.686. The third kappa shape index (κ3) is 17.8. The molecule has 6 amide bonds. The topological polar surface area (TPSA) is 379 Å². The summed E-state index contributed by atoms with van der Waals surface area (Å²) < 4.78 is 69.3. The molecular weight excluding hydrogens is 1630 g/mol. The van der Waals surface area contributed by atoms with Crippen molar-refractivity contribution in [3.05, 3.63) is 154 Å². The predicted molar refractivity (Wildman–Crippen MR) is 430 cm³/mol. The van der Waals surface area contributed by atoms with E-state index in [1.54, 1.807) is 110 Å². The standard InChI is InChI=1S/C38H44ClN5O8.C31H40BrN3O9S.C13H10ClN3O2/c1-6-22-18-38(22,35(47)48)42-33(45)28-17-25(19-43(28)34(46)32(37(2,3)4)41-36(49)52-24-13-20-12-21(20)14-24)51-30-16-23(44-11-7-10-40-44)15-27-26(30)8-9-29(50-5)31(27)39;1-6-19-15-31(19,28(38)42-5)34-26(36)24-14-22(44-45(40,41)23-9-7-20(32)8-10-23)16-35(24)27(37)25(30(2,3)4)33-29(39)43-21-12-17-11-18(17)13-21;1-19-10-4-3-8-9(18)7-11(16-13(8)12(10)14)17-6-2-5-15-17/h6-11,15-16,20-22,24-25,28,32H,1,12-14,17-19H2,2-5H3,(H,41,49)(H,42,45)(H,47,48);6-10,17-19,21-22,24-25H,1,11-16H2,2-5H3,(H,33,39)(H,34,36);2-7H,1H3,(H,16,18)/t20-,21+,22-,24?,25-,28+,32-,38-;17-,18+,19-,21?,22+,24+,25-,31-;/m11./s1. The fourth-order valence-corrected chi connectivity index (χ4v) is 18.3. The molecule has 16 atom stereocenters. The Morgan fingerprint density at radius 2 is 1.11 bits per heavy atom. The number of carbonyl (C=O) groups excluding carboxylic acids is 7. The molecule has 2 saturated heterocycles. The van der Waals surface area contributed by atoms with Gasteiger partial charge in [0.25, 0.3) is 10.1 Å². The van der Waals surface area contributed by atoms with Crippen LogP contribution >= 0.6 is 39.1 Å². The third-order valence-corrected chi connectivity index (χ3v) is 25.8. The lowest BCUT2D eigenvalue weighted by Gasteiger charge is -2.35. The zero-order valence-electron chi connectivity index (χ0n) is 65.5. The van der Waals surface area contributed by atoms with E-state index in [9.17, 15) is 56.7 Å². The largest absolute Gasteiger partial charge is 0.495 e. The number of halogens is 3. The molecule has 8 fully saturated rings. The highest BCUT2D eigenvalue weighted by molar-refractivity contribution is 9.10. The Hall–Kier alpha value is -10.0. The van der Waals surface area contributed by atoms with Crippen molar-refractivity contribution in [1.82, 2.24) is 55.6 Å². The van der Waals surface area contributed by atoms with Crippen LogP contribution in [0, 0.1) is 46.3 Å². The monoisotopic (exact) mass is 1720 g/mol. The van der Waals surface area contributed by atoms with E-state index in [-0.39, 0.29) is 67.2 Å². The Balaban J connectivity index is 0.000000166. The molecule has 0 spiro atoms. The van der Waals surface area contributed by atoms with Crippen molar-refractivity contribution in [2.45, 2.75) is 170 Å². The van der Waals surface area contributed by atoms with Crippen LogP contribution in [0.15, 0.2) is 143 Å². The molecular formula is C82H94BrCl2N11O19S. The van der Waals surface area contributed by atoms with Gasteiger partial charge in [-0.3, -0.25) is 28.2 Å². The van der Waals surface area contributed by atoms with Gasteiger partial charge < -0.3 is 69.6 Å². The number of aliphatic carboxylic acids is 1. The molecule has 6 N–H and O–H groups in total. The lowest BCUT2D eigenvalue weighted by atomic mass is 9.85. The number of fused-ring (bicyclic) bond motifs is 4. The minimum absolute atomic E-state index is 0.0193. The van der Waals surface area contributed by atoms with Gasteiger partial charge in [-0.05, 0) is 153 Å². The van der Waals surface area contributed by atoms with E-state index in [0.717, 1.165) is 32.1 Å². The van der Waals surface area contributed by atoms with Crippen molar-refractivity contribution >= 4 is 119 Å². The molecule has 6 aliphatic carbocycles. The van der Waals surface area contributed by atoms with Gasteiger partial charge in [-0.15, -0.1) is 13.2 Å². The lowest BCUT2D eigenvalue weighted by Crippen LogP contribution is -2.59. The van der Waals surface area contributed by atoms with Crippen LogP contribution in [0.4, 0.5) is 9.59 Å². The molecule has 2 unspecified atom stereocenters. The number of aromatic nitrogens is 5. The highest BCUT2D eigenvalue weighted by Crippen LogP contribution is 2.54. The Morgan fingerprint density at radius 3 is 1.59 bits per heavy atom. The van der Waals surface area contributed by atoms with Crippen LogP contribution in [-0.2, 0) is 57.3 Å². The zero-order chi connectivity index (χ0) is 83.4. The second-order valence-corrected chi connectivity index (χ2v) is 36.3. The van der Waals surface area contributed by atoms with Crippen LogP contribution in [-0.4, -0.2) is 190 Å². The number of nitrogens with zero attached hydrogens (tertiary/aromatic N) is 6. The molecule has 34 heteroatoms. The SMILES string of the molecule is C=C[C@@H]1C[C@]1(NC(=O)[C@@H]1C[C@@H](Oc2cc(-n3cccn3)cc3c(Cl)c(OC)ccc23)CN1C(=O)[C@@H](NC(=O)OC1C[C@@H]2C[C@@H]2C1)C(C)(C)C)C(=O)O.C=C[C@@H]1C[C@]1(NC(=O)[C@@H]1C[C@H](OS(=O)(=O)c2ccc(Br)cc2)CN1C(=O)[C@@H](NC(=O)OC1C[C@@H]2C[C@@H]2C1)C(C)(C)C)C(=O)OC.COc1ccc2c(=O)cc(-n3cccn3)[nH]c2c1Cl. The first-order chi connectivity index (χ1) is 55.0. The number of hydrogen-bond acceptors (Lipinski definition) is 20. The maximum Gasteiger partial charge on any atom is 0.408 e. The van der Waals surface area contributed by atoms with E-state index < -0.39 is 122 Å². The zero-order valence-corrected chi connectivity index (χ0v) is 69.4. The number of alkyl carbamates (subject to hydrolysis) is 2. The molecule has 5 heterocycles. The Morgan fingerprint density at radius 1 is 0.621 bits per heavy atom. The Kier molecular flexibility index (Phi) is 24.0. The summed E-state index contributed by atoms with van der Waals surface area (Å²) in [4.78, 5) is 125. The molecule has 30 nitrogen and oxygen atoms in total. The number of hydrogen-bond donors (Lipinski definition) is 6. The average Bonchev–Trinajstić information content (AvgIpc) is 1.51. The number of aromatic amines is 1. The van der Waals surface area contributed by atoms with Crippen LogP contribution in [0.5, 0.6) is 17.2 Å². The summed E-state index contributed by atoms with van der Waals surface area (Å²) in [6.45, 7) is 17.9. The fourth-order valence-electron chi connectivity index (χ4n) is 16.4. The van der Waals surface area contributed by atoms with Crippen molar-refractivity contribution < 1.29 is 84.5 Å². The molecule has 618 valence electrons. The van der Waals surface area contributed by atoms with Gasteiger partial charge in [-0.25, -0.2) is 28.5 Å². The van der Waals surface area contributed by atoms with Gasteiger partial charge in [0.05, 0.1) is 55.1 Å². The van der Waals surface area contributed by atoms with Crippen LogP contribution < -0.4 is 40.9 Å². The van der Waals surface area contributed by atoms with Crippen molar-refractivity contribution in [3.8, 4) is 28.8 Å². The number of carboxylic acids is 1. The summed E-state index contributed by atoms with van der Waals surface area (Å²) in [6.07, 6.45) is 12.2. The number of ether oxygens (including phenoxy) is 6. The number of amides is 6. The maximum atomic E-state index is 14.6. The smallest absolute Gasteiger partial charge is 0.408 e. The molecule has 2 aliphatic heterocycles. The van der Waals surface area contributed by atoms with E-state index in [0.29, 0.717) is 88.6 Å². The van der Waals surface area contributed by atoms with Crippen LogP contribution in [0.1, 0.15) is 106 Å². The second kappa shape index (κ2) is 33.2. The van der Waals surface area contributed by atoms with E-state index in [1.165, 1.54) is 61.8 Å². The lowest BCUT2D eigenvalue weighted by molar-refractivity contribution is -0.148. The number of benzene rings is 4. The predicted octanol–water partition coefficient (Wildman–Crippen LogP) is 10.8. The number of methoxy groups -OCH3 is 3. The number of nitrogens with one attached hydrogen (secondary N) is 5. The highest BCUT2D eigenvalue weighted by Gasteiger charge is 2.63. The molecule has 0 radical (unpaired) electrons. The summed E-state index contributed by atoms with van der Waals surface area (Å²) in [7, 11) is 0.0101. The maximum absolute atomic E-state index is 14.6. The van der Waals surface area contributed by atoms with Crippen LogP contribution in [0.25, 0.3) is 33.2 Å². The number of pyridine rings is 1. The van der Waals surface area contributed by atoms with E-state index in [1.807, 2.05) is 32.9 Å². The minimum atomic E-state index is -4.26. The first kappa shape index (κ1) is 83.9. The van der Waals surface area contributed by atoms with Gasteiger partial charge in [0.2, 0.25) is 23.6 Å². The summed E-state index contributed by atoms with van der Waals surface area (Å²) in [5.41, 5.74) is -3.35. The number of esters is 1. The van der Waals surface area contributed by atoms with E-state index in [2.05, 4.69) is 65.5 Å². The van der Waals surface area contributed by atoms with Crippen LogP contribution in [0.2, 0.25) is 10.0 Å².